The quantitative estimate of drug-likeness (QED) is 0.478. The Balaban J connectivity index is 1.54. The largest absolute Gasteiger partial charge is 0.437 e. The van der Waals surface area contributed by atoms with Gasteiger partial charge >= 0.3 is 12.2 Å². The second kappa shape index (κ2) is 7.06. The maximum Gasteiger partial charge on any atom is 0.437 e. The summed E-state index contributed by atoms with van der Waals surface area (Å²) in [6.07, 6.45) is -1.53. The third kappa shape index (κ3) is 3.51. The second-order valence-electron chi connectivity index (χ2n) is 5.46. The lowest BCUT2D eigenvalue weighted by Gasteiger charge is -2.00. The summed E-state index contributed by atoms with van der Waals surface area (Å²) in [6.45, 7) is -0.0377. The van der Waals surface area contributed by atoms with E-state index in [1.165, 1.54) is 30.5 Å². The molecule has 0 amide bonds. The highest BCUT2D eigenvalue weighted by atomic mass is 19.3. The molecule has 0 aliphatic rings. The molecule has 0 N–H and O–H groups in total. The van der Waals surface area contributed by atoms with Gasteiger partial charge in [-0.3, -0.25) is 4.98 Å². The van der Waals surface area contributed by atoms with Crippen LogP contribution in [0, 0.1) is 5.95 Å². The van der Waals surface area contributed by atoms with Crippen molar-refractivity contribution in [2.45, 2.75) is 13.0 Å². The fourth-order valence-electron chi connectivity index (χ4n) is 2.27. The van der Waals surface area contributed by atoms with Crippen LogP contribution in [0.3, 0.4) is 0 Å². The predicted molar refractivity (Wildman–Crippen MR) is 85.5 cm³/mol. The van der Waals surface area contributed by atoms with Crippen LogP contribution in [0.5, 0.6) is 0 Å². The number of pyridine rings is 2. The number of alkyl halides is 2. The lowest BCUT2D eigenvalue weighted by molar-refractivity contribution is 0.116. The fraction of sp³-hybridized carbons (Fsp3) is 0.125. The van der Waals surface area contributed by atoms with Crippen LogP contribution in [0.2, 0.25) is 0 Å². The van der Waals surface area contributed by atoms with E-state index in [4.69, 9.17) is 8.83 Å². The van der Waals surface area contributed by atoms with E-state index in [0.29, 0.717) is 11.3 Å². The Morgan fingerprint density at radius 3 is 2.61 bits per heavy atom. The van der Waals surface area contributed by atoms with Crippen molar-refractivity contribution in [2.24, 2.45) is 0 Å². The summed E-state index contributed by atoms with van der Waals surface area (Å²) in [5.74, 6) is -2.53. The van der Waals surface area contributed by atoms with Gasteiger partial charge in [0.05, 0.1) is 17.8 Å². The summed E-state index contributed by atoms with van der Waals surface area (Å²) in [5.41, 5.74) is 0.831. The molecule has 12 heteroatoms. The Bertz CT molecular complexity index is 1170. The van der Waals surface area contributed by atoms with Crippen LogP contribution in [0.25, 0.3) is 23.0 Å². The minimum absolute atomic E-state index is 0.0377. The fourth-order valence-corrected chi connectivity index (χ4v) is 2.27. The van der Waals surface area contributed by atoms with Crippen LogP contribution >= 0.6 is 0 Å². The molecule has 0 unspecified atom stereocenters. The van der Waals surface area contributed by atoms with Gasteiger partial charge in [-0.2, -0.15) is 17.9 Å². The van der Waals surface area contributed by atoms with Crippen molar-refractivity contribution in [1.29, 1.82) is 0 Å². The number of nitrogens with zero attached hydrogens (tertiary/aromatic N) is 6. The molecule has 4 heterocycles. The zero-order valence-electron chi connectivity index (χ0n) is 13.8. The van der Waals surface area contributed by atoms with Crippen molar-refractivity contribution < 1.29 is 22.0 Å². The molecule has 0 spiro atoms. The first-order valence-electron chi connectivity index (χ1n) is 7.77. The zero-order chi connectivity index (χ0) is 19.7. The third-order valence-corrected chi connectivity index (χ3v) is 3.55. The Labute approximate surface area is 153 Å². The SMILES string of the molecule is O=c1oc(-c2cccc(F)n2)nn1Cc1ccc(-c2nnc(C(F)F)o2)cn1. The first-order valence-corrected chi connectivity index (χ1v) is 7.77. The third-order valence-electron chi connectivity index (χ3n) is 3.55. The molecule has 4 aromatic rings. The van der Waals surface area contributed by atoms with E-state index in [9.17, 15) is 18.0 Å². The van der Waals surface area contributed by atoms with Crippen LogP contribution in [0.1, 0.15) is 18.0 Å². The second-order valence-corrected chi connectivity index (χ2v) is 5.46. The molecule has 0 atom stereocenters. The van der Waals surface area contributed by atoms with Gasteiger partial charge in [-0.25, -0.2) is 9.78 Å². The maximum absolute atomic E-state index is 13.2. The molecule has 0 bridgehead atoms. The van der Waals surface area contributed by atoms with Gasteiger partial charge in [-0.15, -0.1) is 15.3 Å². The highest BCUT2D eigenvalue weighted by molar-refractivity contribution is 5.50. The number of aromatic nitrogens is 6. The normalized spacial score (nSPS) is 11.3. The average molecular weight is 390 g/mol. The first-order chi connectivity index (χ1) is 13.5. The average Bonchev–Trinajstić information content (AvgIpc) is 3.30. The van der Waals surface area contributed by atoms with E-state index < -0.39 is 24.0 Å². The Morgan fingerprint density at radius 2 is 1.93 bits per heavy atom. The lowest BCUT2D eigenvalue weighted by Crippen LogP contribution is -2.17. The summed E-state index contributed by atoms with van der Waals surface area (Å²) in [5, 5.41) is 10.7. The molecule has 28 heavy (non-hydrogen) atoms. The van der Waals surface area contributed by atoms with E-state index in [-0.39, 0.29) is 24.0 Å². The molecule has 0 fully saturated rings. The lowest BCUT2D eigenvalue weighted by atomic mass is 10.2. The van der Waals surface area contributed by atoms with Crippen molar-refractivity contribution in [2.75, 3.05) is 0 Å². The van der Waals surface area contributed by atoms with E-state index in [2.05, 4.69) is 25.3 Å². The smallest absolute Gasteiger partial charge is 0.415 e. The maximum atomic E-state index is 13.2. The Morgan fingerprint density at radius 1 is 1.07 bits per heavy atom. The summed E-state index contributed by atoms with van der Waals surface area (Å²) in [4.78, 5) is 19.6. The summed E-state index contributed by atoms with van der Waals surface area (Å²) < 4.78 is 49.0. The first kappa shape index (κ1) is 17.6. The number of hydrogen-bond donors (Lipinski definition) is 0. The highest BCUT2D eigenvalue weighted by Gasteiger charge is 2.17. The van der Waals surface area contributed by atoms with Gasteiger partial charge < -0.3 is 8.83 Å². The van der Waals surface area contributed by atoms with Crippen molar-refractivity contribution in [3.63, 3.8) is 0 Å². The van der Waals surface area contributed by atoms with Gasteiger partial charge in [0, 0.05) is 6.20 Å². The van der Waals surface area contributed by atoms with Gasteiger partial charge in [0.15, 0.2) is 0 Å². The van der Waals surface area contributed by atoms with Gasteiger partial charge in [-0.1, -0.05) is 6.07 Å². The van der Waals surface area contributed by atoms with Gasteiger partial charge in [0.2, 0.25) is 11.8 Å². The number of rotatable bonds is 5. The monoisotopic (exact) mass is 390 g/mol. The van der Waals surface area contributed by atoms with Crippen LogP contribution in [-0.4, -0.2) is 29.9 Å². The molecular formula is C16H9F3N6O3. The van der Waals surface area contributed by atoms with E-state index >= 15 is 0 Å². The molecular weight excluding hydrogens is 381 g/mol. The highest BCUT2D eigenvalue weighted by Crippen LogP contribution is 2.22. The molecule has 0 aromatic carbocycles. The van der Waals surface area contributed by atoms with Gasteiger partial charge in [0.1, 0.15) is 5.69 Å². The molecule has 0 saturated heterocycles. The summed E-state index contributed by atoms with van der Waals surface area (Å²) in [6, 6.07) is 7.06. The van der Waals surface area contributed by atoms with Crippen molar-refractivity contribution in [3.8, 4) is 23.0 Å². The molecule has 0 radical (unpaired) electrons. The van der Waals surface area contributed by atoms with E-state index in [0.717, 1.165) is 10.7 Å². The predicted octanol–water partition coefficient (Wildman–Crippen LogP) is 2.47. The van der Waals surface area contributed by atoms with Crippen molar-refractivity contribution >= 4 is 0 Å². The molecule has 142 valence electrons. The molecule has 4 rings (SSSR count). The Hall–Kier alpha value is -3.83. The van der Waals surface area contributed by atoms with Crippen molar-refractivity contribution in [3.05, 3.63) is 64.6 Å². The van der Waals surface area contributed by atoms with Crippen LogP contribution in [-0.2, 0) is 6.54 Å². The number of halogens is 3. The van der Waals surface area contributed by atoms with Crippen LogP contribution in [0.15, 0.2) is 50.2 Å². The summed E-state index contributed by atoms with van der Waals surface area (Å²) >= 11 is 0. The number of hydrogen-bond acceptors (Lipinski definition) is 8. The van der Waals surface area contributed by atoms with E-state index in [1.807, 2.05) is 0 Å². The molecule has 0 aliphatic carbocycles. The summed E-state index contributed by atoms with van der Waals surface area (Å²) in [7, 11) is 0. The van der Waals surface area contributed by atoms with E-state index in [1.54, 1.807) is 0 Å². The van der Waals surface area contributed by atoms with Gasteiger partial charge in [0.25, 0.3) is 11.8 Å². The molecule has 0 saturated carbocycles. The molecule has 9 nitrogen and oxygen atoms in total. The van der Waals surface area contributed by atoms with Crippen molar-refractivity contribution in [1.82, 2.24) is 29.9 Å². The zero-order valence-corrected chi connectivity index (χ0v) is 13.8. The standard InChI is InChI=1S/C16H9F3N6O3/c17-11-3-1-2-10(21-11)14-24-25(16(26)28-14)7-9-5-4-8(6-20-9)13-22-23-15(27-13)12(18)19/h1-6,12H,7H2. The van der Waals surface area contributed by atoms with Crippen LogP contribution < -0.4 is 5.76 Å². The molecule has 0 aliphatic heterocycles. The molecule has 4 aromatic heterocycles. The minimum Gasteiger partial charge on any atom is -0.415 e. The van der Waals surface area contributed by atoms with Crippen LogP contribution in [0.4, 0.5) is 13.2 Å². The van der Waals surface area contributed by atoms with Gasteiger partial charge in [-0.05, 0) is 24.3 Å². The Kier molecular flexibility index (Phi) is 4.43. The minimum atomic E-state index is -2.87. The topological polar surface area (TPSA) is 113 Å².